The molecule has 0 aliphatic heterocycles. The number of rotatable bonds is 3. The normalized spacial score (nSPS) is 10.6. The van der Waals surface area contributed by atoms with Crippen molar-refractivity contribution < 1.29 is 9.47 Å². The molecule has 0 N–H and O–H groups in total. The Morgan fingerprint density at radius 2 is 2.33 bits per heavy atom. The van der Waals surface area contributed by atoms with Crippen molar-refractivity contribution in [2.24, 2.45) is 0 Å². The fraction of sp³-hybridized carbons (Fsp3) is 0.500. The molecule has 0 atom stereocenters. The maximum absolute atomic E-state index is 8.31. The summed E-state index contributed by atoms with van der Waals surface area (Å²) in [7, 11) is 3.02. The molecule has 0 rings (SSSR count). The van der Waals surface area contributed by atoms with E-state index >= 15 is 0 Å². The van der Waals surface area contributed by atoms with Crippen LogP contribution in [-0.2, 0) is 9.47 Å². The van der Waals surface area contributed by atoms with Crippen molar-refractivity contribution in [2.75, 3.05) is 20.8 Å². The number of nitriles is 1. The van der Waals surface area contributed by atoms with Crippen LogP contribution >= 0.6 is 0 Å². The van der Waals surface area contributed by atoms with E-state index in [9.17, 15) is 0 Å². The molecule has 0 aromatic rings. The summed E-state index contributed by atoms with van der Waals surface area (Å²) in [6.45, 7) is 0.310. The Bertz CT molecular complexity index is 134. The van der Waals surface area contributed by atoms with Gasteiger partial charge in [0, 0.05) is 7.11 Å². The fourth-order valence-electron chi connectivity index (χ4n) is 0.390. The molecule has 9 heavy (non-hydrogen) atoms. The minimum Gasteiger partial charge on any atom is -0.503 e. The van der Waals surface area contributed by atoms with Crippen molar-refractivity contribution in [1.29, 1.82) is 5.26 Å². The highest BCUT2D eigenvalue weighted by atomic mass is 16.5. The van der Waals surface area contributed by atoms with Gasteiger partial charge in [-0.25, -0.2) is 0 Å². The summed E-state index contributed by atoms with van der Waals surface area (Å²) in [5.74, 6) is 0. The molecule has 0 bridgehead atoms. The molecular weight excluding hydrogens is 118 g/mol. The van der Waals surface area contributed by atoms with Gasteiger partial charge in [0.25, 0.3) is 0 Å². The maximum Gasteiger partial charge on any atom is 0.100 e. The maximum atomic E-state index is 8.31. The Hall–Kier alpha value is -1.01. The third kappa shape index (κ3) is 3.56. The van der Waals surface area contributed by atoms with Crippen molar-refractivity contribution in [3.05, 3.63) is 11.8 Å². The first-order chi connectivity index (χ1) is 4.35. The molecule has 0 amide bonds. The van der Waals surface area contributed by atoms with Crippen LogP contribution in [0.2, 0.25) is 0 Å². The molecule has 3 nitrogen and oxygen atoms in total. The standard InChI is InChI=1S/C6H9NO2/c1-8-4-6(3-7)5-9-2/h4H,5H2,1-2H3/b6-4-. The van der Waals surface area contributed by atoms with E-state index in [1.807, 2.05) is 6.07 Å². The summed E-state index contributed by atoms with van der Waals surface area (Å²) in [5.41, 5.74) is 0.486. The summed E-state index contributed by atoms with van der Waals surface area (Å²) in [6, 6.07) is 1.92. The van der Waals surface area contributed by atoms with Crippen molar-refractivity contribution in [3.63, 3.8) is 0 Å². The van der Waals surface area contributed by atoms with Crippen molar-refractivity contribution in [3.8, 4) is 6.07 Å². The van der Waals surface area contributed by atoms with Crippen LogP contribution in [-0.4, -0.2) is 20.8 Å². The number of ether oxygens (including phenoxy) is 2. The molecular formula is C6H9NO2. The van der Waals surface area contributed by atoms with Crippen LogP contribution in [0.3, 0.4) is 0 Å². The zero-order valence-electron chi connectivity index (χ0n) is 5.55. The predicted octanol–water partition coefficient (Wildman–Crippen LogP) is 0.687. The topological polar surface area (TPSA) is 42.2 Å². The van der Waals surface area contributed by atoms with Crippen LogP contribution in [0.4, 0.5) is 0 Å². The van der Waals surface area contributed by atoms with Crippen LogP contribution in [0, 0.1) is 11.3 Å². The smallest absolute Gasteiger partial charge is 0.100 e. The second-order valence-corrected chi connectivity index (χ2v) is 1.42. The van der Waals surface area contributed by atoms with Gasteiger partial charge in [-0.05, 0) is 0 Å². The average Bonchev–Trinajstić information content (AvgIpc) is 1.88. The van der Waals surface area contributed by atoms with Crippen molar-refractivity contribution >= 4 is 0 Å². The number of methoxy groups -OCH3 is 2. The lowest BCUT2D eigenvalue weighted by Gasteiger charge is -1.93. The predicted molar refractivity (Wildman–Crippen MR) is 32.6 cm³/mol. The van der Waals surface area contributed by atoms with Crippen molar-refractivity contribution in [2.45, 2.75) is 0 Å². The van der Waals surface area contributed by atoms with E-state index in [0.717, 1.165) is 0 Å². The van der Waals surface area contributed by atoms with E-state index in [1.54, 1.807) is 0 Å². The fourth-order valence-corrected chi connectivity index (χ4v) is 0.390. The monoisotopic (exact) mass is 127 g/mol. The molecule has 0 aromatic heterocycles. The van der Waals surface area contributed by atoms with Gasteiger partial charge < -0.3 is 9.47 Å². The Kier molecular flexibility index (Phi) is 4.56. The minimum atomic E-state index is 0.310. The molecule has 3 heteroatoms. The largest absolute Gasteiger partial charge is 0.503 e. The third-order valence-corrected chi connectivity index (χ3v) is 0.704. The lowest BCUT2D eigenvalue weighted by Crippen LogP contribution is -1.91. The first-order valence-electron chi connectivity index (χ1n) is 2.46. The quantitative estimate of drug-likeness (QED) is 0.413. The highest BCUT2D eigenvalue weighted by Crippen LogP contribution is 1.90. The lowest BCUT2D eigenvalue weighted by molar-refractivity contribution is 0.223. The molecule has 0 saturated heterocycles. The highest BCUT2D eigenvalue weighted by Gasteiger charge is 1.90. The van der Waals surface area contributed by atoms with Gasteiger partial charge in [0.1, 0.15) is 6.07 Å². The van der Waals surface area contributed by atoms with E-state index in [1.165, 1.54) is 20.5 Å². The summed E-state index contributed by atoms with van der Waals surface area (Å²) in [4.78, 5) is 0. The van der Waals surface area contributed by atoms with E-state index < -0.39 is 0 Å². The summed E-state index contributed by atoms with van der Waals surface area (Å²) < 4.78 is 9.26. The zero-order chi connectivity index (χ0) is 7.11. The van der Waals surface area contributed by atoms with Crippen molar-refractivity contribution in [1.82, 2.24) is 0 Å². The Labute approximate surface area is 54.5 Å². The summed E-state index contributed by atoms with van der Waals surface area (Å²) >= 11 is 0. The Morgan fingerprint density at radius 1 is 1.67 bits per heavy atom. The molecule has 50 valence electrons. The summed E-state index contributed by atoms with van der Waals surface area (Å²) in [6.07, 6.45) is 1.36. The Balaban J connectivity index is 3.71. The van der Waals surface area contributed by atoms with Crippen LogP contribution in [0.15, 0.2) is 11.8 Å². The van der Waals surface area contributed by atoms with Crippen LogP contribution < -0.4 is 0 Å². The molecule has 0 spiro atoms. The highest BCUT2D eigenvalue weighted by molar-refractivity contribution is 5.18. The van der Waals surface area contributed by atoms with Gasteiger partial charge in [-0.2, -0.15) is 5.26 Å². The molecule has 0 saturated carbocycles. The molecule has 0 heterocycles. The van der Waals surface area contributed by atoms with Gasteiger partial charge >= 0.3 is 0 Å². The molecule has 0 aliphatic carbocycles. The summed E-state index contributed by atoms with van der Waals surface area (Å²) in [5, 5.41) is 8.31. The number of nitrogens with zero attached hydrogens (tertiary/aromatic N) is 1. The number of hydrogen-bond donors (Lipinski definition) is 0. The van der Waals surface area contributed by atoms with Crippen LogP contribution in [0.25, 0.3) is 0 Å². The molecule has 0 aromatic carbocycles. The van der Waals surface area contributed by atoms with E-state index in [2.05, 4.69) is 9.47 Å². The van der Waals surface area contributed by atoms with E-state index in [0.29, 0.717) is 12.2 Å². The molecule has 0 unspecified atom stereocenters. The number of hydrogen-bond acceptors (Lipinski definition) is 3. The molecule has 0 aliphatic rings. The van der Waals surface area contributed by atoms with Crippen LogP contribution in [0.5, 0.6) is 0 Å². The van der Waals surface area contributed by atoms with E-state index in [-0.39, 0.29) is 0 Å². The molecule has 0 radical (unpaired) electrons. The van der Waals surface area contributed by atoms with Gasteiger partial charge in [-0.3, -0.25) is 0 Å². The zero-order valence-corrected chi connectivity index (χ0v) is 5.55. The van der Waals surface area contributed by atoms with Gasteiger partial charge in [0.15, 0.2) is 0 Å². The molecule has 0 fully saturated rings. The second kappa shape index (κ2) is 5.13. The first-order valence-corrected chi connectivity index (χ1v) is 2.46. The lowest BCUT2D eigenvalue weighted by atomic mass is 10.4. The van der Waals surface area contributed by atoms with Gasteiger partial charge in [0.05, 0.1) is 25.6 Å². The van der Waals surface area contributed by atoms with Crippen LogP contribution in [0.1, 0.15) is 0 Å². The van der Waals surface area contributed by atoms with Gasteiger partial charge in [0.2, 0.25) is 0 Å². The van der Waals surface area contributed by atoms with Gasteiger partial charge in [-0.15, -0.1) is 0 Å². The SMILES string of the molecule is CO/C=C(/C#N)COC. The first kappa shape index (κ1) is 7.99. The Morgan fingerprint density at radius 3 is 2.67 bits per heavy atom. The average molecular weight is 127 g/mol. The van der Waals surface area contributed by atoms with Gasteiger partial charge in [-0.1, -0.05) is 0 Å². The second-order valence-electron chi connectivity index (χ2n) is 1.42. The minimum absolute atomic E-state index is 0.310. The third-order valence-electron chi connectivity index (χ3n) is 0.704. The van der Waals surface area contributed by atoms with E-state index in [4.69, 9.17) is 5.26 Å².